The molecule has 0 aliphatic heterocycles. The maximum Gasteiger partial charge on any atom is 0.0850 e. The lowest BCUT2D eigenvalue weighted by Gasteiger charge is -2.13. The summed E-state index contributed by atoms with van der Waals surface area (Å²) in [5, 5.41) is 10.7. The number of rotatable bonds is 3. The van der Waals surface area contributed by atoms with E-state index in [9.17, 15) is 5.11 Å². The van der Waals surface area contributed by atoms with Crippen molar-refractivity contribution in [2.75, 3.05) is 5.73 Å². The van der Waals surface area contributed by atoms with Crippen LogP contribution in [0.15, 0.2) is 42.7 Å². The average molecular weight is 249 g/mol. The molecule has 88 valence electrons. The Morgan fingerprint density at radius 1 is 1.24 bits per heavy atom. The third-order valence-electron chi connectivity index (χ3n) is 2.59. The Hall–Kier alpha value is -1.58. The molecule has 2 aromatic rings. The van der Waals surface area contributed by atoms with Gasteiger partial charge in [-0.3, -0.25) is 4.98 Å². The Balaban J connectivity index is 2.17. The number of nitrogen functional groups attached to an aromatic ring is 1. The molecule has 0 saturated heterocycles. The number of nitrogens with two attached hydrogens (primary N) is 1. The fraction of sp³-hybridized carbons (Fsp3) is 0.154. The van der Waals surface area contributed by atoms with E-state index in [-0.39, 0.29) is 0 Å². The summed E-state index contributed by atoms with van der Waals surface area (Å²) in [5.74, 6) is 0. The lowest BCUT2D eigenvalue weighted by Crippen LogP contribution is -2.05. The molecule has 0 saturated carbocycles. The lowest BCUT2D eigenvalue weighted by atomic mass is 10.0. The van der Waals surface area contributed by atoms with Crippen molar-refractivity contribution >= 4 is 17.3 Å². The number of halogens is 1. The molecule has 0 fully saturated rings. The van der Waals surface area contributed by atoms with Gasteiger partial charge in [0.2, 0.25) is 0 Å². The van der Waals surface area contributed by atoms with E-state index in [0.717, 1.165) is 5.56 Å². The van der Waals surface area contributed by atoms with Crippen molar-refractivity contribution in [3.63, 3.8) is 0 Å². The first-order valence-electron chi connectivity index (χ1n) is 5.28. The van der Waals surface area contributed by atoms with Gasteiger partial charge in [0, 0.05) is 35.1 Å². The summed E-state index contributed by atoms with van der Waals surface area (Å²) in [6.07, 6.45) is 3.28. The summed E-state index contributed by atoms with van der Waals surface area (Å²) < 4.78 is 0. The highest BCUT2D eigenvalue weighted by atomic mass is 35.5. The second-order valence-electron chi connectivity index (χ2n) is 3.85. The average Bonchev–Trinajstić information content (AvgIpc) is 2.30. The van der Waals surface area contributed by atoms with E-state index in [1.165, 1.54) is 0 Å². The molecule has 1 atom stereocenters. The molecule has 1 heterocycles. The molecule has 17 heavy (non-hydrogen) atoms. The smallest absolute Gasteiger partial charge is 0.0850 e. The standard InChI is InChI=1S/C13H13ClN2O/c14-10-1-2-11(12(15)8-10)13(17)7-9-3-5-16-6-4-9/h1-6,8,13,17H,7,15H2. The van der Waals surface area contributed by atoms with Crippen LogP contribution in [0.2, 0.25) is 5.02 Å². The number of hydrogen-bond acceptors (Lipinski definition) is 3. The fourth-order valence-electron chi connectivity index (χ4n) is 1.70. The number of nitrogens with zero attached hydrogens (tertiary/aromatic N) is 1. The highest BCUT2D eigenvalue weighted by molar-refractivity contribution is 6.30. The van der Waals surface area contributed by atoms with Crippen LogP contribution >= 0.6 is 11.6 Å². The molecule has 0 aliphatic rings. The normalized spacial score (nSPS) is 12.4. The van der Waals surface area contributed by atoms with Gasteiger partial charge in [-0.1, -0.05) is 17.7 Å². The van der Waals surface area contributed by atoms with Crippen molar-refractivity contribution in [3.05, 3.63) is 58.9 Å². The first-order valence-corrected chi connectivity index (χ1v) is 5.66. The number of aromatic nitrogens is 1. The monoisotopic (exact) mass is 248 g/mol. The first kappa shape index (κ1) is 11.9. The Labute approximate surface area is 105 Å². The van der Waals surface area contributed by atoms with Crippen LogP contribution in [0.3, 0.4) is 0 Å². The summed E-state index contributed by atoms with van der Waals surface area (Å²) >= 11 is 5.81. The molecule has 4 heteroatoms. The zero-order chi connectivity index (χ0) is 12.3. The van der Waals surface area contributed by atoms with E-state index in [1.807, 2.05) is 12.1 Å². The van der Waals surface area contributed by atoms with Gasteiger partial charge in [-0.25, -0.2) is 0 Å². The molecule has 0 amide bonds. The zero-order valence-corrected chi connectivity index (χ0v) is 9.93. The highest BCUT2D eigenvalue weighted by Gasteiger charge is 2.11. The molecular weight excluding hydrogens is 236 g/mol. The zero-order valence-electron chi connectivity index (χ0n) is 9.18. The Morgan fingerprint density at radius 3 is 2.59 bits per heavy atom. The van der Waals surface area contributed by atoms with Crippen molar-refractivity contribution in [2.45, 2.75) is 12.5 Å². The second-order valence-corrected chi connectivity index (χ2v) is 4.29. The molecular formula is C13H13ClN2O. The van der Waals surface area contributed by atoms with Gasteiger partial charge < -0.3 is 10.8 Å². The van der Waals surface area contributed by atoms with Gasteiger partial charge in [-0.2, -0.15) is 0 Å². The quantitative estimate of drug-likeness (QED) is 0.821. The van der Waals surface area contributed by atoms with Gasteiger partial charge in [0.15, 0.2) is 0 Å². The number of anilines is 1. The van der Waals surface area contributed by atoms with Gasteiger partial charge in [0.25, 0.3) is 0 Å². The van der Waals surface area contributed by atoms with Crippen LogP contribution in [0.5, 0.6) is 0 Å². The Kier molecular flexibility index (Phi) is 3.61. The van der Waals surface area contributed by atoms with Crippen molar-refractivity contribution in [1.82, 2.24) is 4.98 Å². The van der Waals surface area contributed by atoms with Gasteiger partial charge in [0.05, 0.1) is 6.10 Å². The van der Waals surface area contributed by atoms with Crippen molar-refractivity contribution < 1.29 is 5.11 Å². The van der Waals surface area contributed by atoms with Gasteiger partial charge >= 0.3 is 0 Å². The van der Waals surface area contributed by atoms with E-state index in [1.54, 1.807) is 30.6 Å². The minimum atomic E-state index is -0.630. The number of benzene rings is 1. The number of pyridine rings is 1. The molecule has 3 nitrogen and oxygen atoms in total. The minimum absolute atomic E-state index is 0.508. The molecule has 0 aliphatic carbocycles. The minimum Gasteiger partial charge on any atom is -0.398 e. The summed E-state index contributed by atoms with van der Waals surface area (Å²) in [5.41, 5.74) is 8.05. The number of aliphatic hydroxyl groups excluding tert-OH is 1. The summed E-state index contributed by atoms with van der Waals surface area (Å²) in [6, 6.07) is 8.86. The van der Waals surface area contributed by atoms with Crippen LogP contribution < -0.4 is 5.73 Å². The van der Waals surface area contributed by atoms with Crippen LogP contribution in [0.25, 0.3) is 0 Å². The van der Waals surface area contributed by atoms with Crippen LogP contribution in [0.1, 0.15) is 17.2 Å². The highest BCUT2D eigenvalue weighted by Crippen LogP contribution is 2.26. The Bertz CT molecular complexity index is 502. The number of aliphatic hydroxyl groups is 1. The van der Waals surface area contributed by atoms with Crippen molar-refractivity contribution in [2.24, 2.45) is 0 Å². The predicted octanol–water partition coefficient (Wildman–Crippen LogP) is 2.59. The largest absolute Gasteiger partial charge is 0.398 e. The van der Waals surface area contributed by atoms with Crippen LogP contribution in [-0.4, -0.2) is 10.1 Å². The van der Waals surface area contributed by atoms with E-state index in [0.29, 0.717) is 22.7 Å². The maximum atomic E-state index is 10.1. The van der Waals surface area contributed by atoms with Crippen molar-refractivity contribution in [3.8, 4) is 0 Å². The molecule has 0 spiro atoms. The predicted molar refractivity (Wildman–Crippen MR) is 68.8 cm³/mol. The van der Waals surface area contributed by atoms with Crippen LogP contribution in [-0.2, 0) is 6.42 Å². The summed E-state index contributed by atoms with van der Waals surface area (Å²) in [6.45, 7) is 0. The van der Waals surface area contributed by atoms with Gasteiger partial charge in [-0.05, 0) is 29.8 Å². The van der Waals surface area contributed by atoms with E-state index < -0.39 is 6.10 Å². The van der Waals surface area contributed by atoms with Gasteiger partial charge in [-0.15, -0.1) is 0 Å². The third-order valence-corrected chi connectivity index (χ3v) is 2.82. The SMILES string of the molecule is Nc1cc(Cl)ccc1C(O)Cc1ccncc1. The third kappa shape index (κ3) is 2.96. The van der Waals surface area contributed by atoms with Gasteiger partial charge in [0.1, 0.15) is 0 Å². The molecule has 1 aromatic carbocycles. The van der Waals surface area contributed by atoms with E-state index in [4.69, 9.17) is 17.3 Å². The maximum absolute atomic E-state index is 10.1. The van der Waals surface area contributed by atoms with Crippen LogP contribution in [0, 0.1) is 0 Å². The topological polar surface area (TPSA) is 59.1 Å². The lowest BCUT2D eigenvalue weighted by molar-refractivity contribution is 0.179. The first-order chi connectivity index (χ1) is 8.16. The van der Waals surface area contributed by atoms with Crippen molar-refractivity contribution in [1.29, 1.82) is 0 Å². The summed E-state index contributed by atoms with van der Waals surface area (Å²) in [7, 11) is 0. The molecule has 0 radical (unpaired) electrons. The number of hydrogen-bond donors (Lipinski definition) is 2. The molecule has 0 bridgehead atoms. The summed E-state index contributed by atoms with van der Waals surface area (Å²) in [4.78, 5) is 3.93. The second kappa shape index (κ2) is 5.17. The van der Waals surface area contributed by atoms with Crippen LogP contribution in [0.4, 0.5) is 5.69 Å². The molecule has 2 rings (SSSR count). The fourth-order valence-corrected chi connectivity index (χ4v) is 1.88. The molecule has 1 aromatic heterocycles. The van der Waals surface area contributed by atoms with E-state index in [2.05, 4.69) is 4.98 Å². The van der Waals surface area contributed by atoms with E-state index >= 15 is 0 Å². The molecule has 1 unspecified atom stereocenters. The Morgan fingerprint density at radius 2 is 1.94 bits per heavy atom. The molecule has 3 N–H and O–H groups in total.